The van der Waals surface area contributed by atoms with E-state index in [1.54, 1.807) is 0 Å². The maximum atomic E-state index is 12.5. The minimum Gasteiger partial charge on any atom is -0.359 e. The highest BCUT2D eigenvalue weighted by Crippen LogP contribution is 2.32. The van der Waals surface area contributed by atoms with Crippen LogP contribution in [0.25, 0.3) is 11.0 Å². The molecular weight excluding hydrogens is 354 g/mol. The van der Waals surface area contributed by atoms with E-state index in [4.69, 9.17) is 16.1 Å². The summed E-state index contributed by atoms with van der Waals surface area (Å²) in [6.07, 6.45) is 2.48. The summed E-state index contributed by atoms with van der Waals surface area (Å²) in [5.41, 5.74) is 2.60. The van der Waals surface area contributed by atoms with E-state index in [9.17, 15) is 4.79 Å². The molecule has 2 aromatic heterocycles. The van der Waals surface area contributed by atoms with Crippen molar-refractivity contribution in [3.8, 4) is 0 Å². The second kappa shape index (κ2) is 6.99. The molecule has 1 saturated heterocycles. The van der Waals surface area contributed by atoms with E-state index in [-0.39, 0.29) is 12.1 Å². The Morgan fingerprint density at radius 1 is 1.46 bits per heavy atom. The van der Waals surface area contributed by atoms with Crippen LogP contribution in [0.5, 0.6) is 0 Å². The molecule has 1 fully saturated rings. The standard InChI is InChI=1S/C18H20ClN5O2/c1-11-9-16(26-23-11)15-3-2-8-24(15)18(25)20-7-6-17-21-13-5-4-12(19)10-14(13)22-17/h4-5,9-10,15H,2-3,6-8H2,1H3,(H,20,25)(H,21,22). The number of benzene rings is 1. The molecule has 0 bridgehead atoms. The van der Waals surface area contributed by atoms with E-state index in [0.29, 0.717) is 18.0 Å². The Morgan fingerprint density at radius 3 is 3.15 bits per heavy atom. The number of carbonyl (C=O) groups excluding carboxylic acids is 1. The first kappa shape index (κ1) is 16.9. The second-order valence-electron chi connectivity index (χ2n) is 6.55. The van der Waals surface area contributed by atoms with Gasteiger partial charge in [0.25, 0.3) is 0 Å². The van der Waals surface area contributed by atoms with Gasteiger partial charge < -0.3 is 19.7 Å². The maximum absolute atomic E-state index is 12.5. The smallest absolute Gasteiger partial charge is 0.318 e. The first-order valence-electron chi connectivity index (χ1n) is 8.72. The van der Waals surface area contributed by atoms with Gasteiger partial charge >= 0.3 is 6.03 Å². The summed E-state index contributed by atoms with van der Waals surface area (Å²) in [4.78, 5) is 22.1. The van der Waals surface area contributed by atoms with Crippen LogP contribution in [0.4, 0.5) is 4.79 Å². The highest BCUT2D eigenvalue weighted by atomic mass is 35.5. The van der Waals surface area contributed by atoms with Crippen LogP contribution < -0.4 is 5.32 Å². The van der Waals surface area contributed by atoms with Gasteiger partial charge in [-0.25, -0.2) is 9.78 Å². The summed E-state index contributed by atoms with van der Waals surface area (Å²) < 4.78 is 5.35. The third-order valence-corrected chi connectivity index (χ3v) is 4.85. The number of urea groups is 1. The normalized spacial score (nSPS) is 17.2. The molecule has 0 radical (unpaired) electrons. The molecule has 136 valence electrons. The number of amides is 2. The summed E-state index contributed by atoms with van der Waals surface area (Å²) in [5, 5.41) is 7.57. The number of nitrogens with one attached hydrogen (secondary N) is 2. The van der Waals surface area contributed by atoms with Crippen molar-refractivity contribution in [3.05, 3.63) is 46.6 Å². The molecule has 3 aromatic rings. The Hall–Kier alpha value is -2.54. The predicted octanol–water partition coefficient (Wildman–Crippen LogP) is 3.60. The number of rotatable bonds is 4. The Labute approximate surface area is 155 Å². The van der Waals surface area contributed by atoms with Crippen molar-refractivity contribution in [1.29, 1.82) is 0 Å². The fourth-order valence-corrected chi connectivity index (χ4v) is 3.56. The number of aromatic amines is 1. The molecule has 2 amide bonds. The number of aromatic nitrogens is 3. The van der Waals surface area contributed by atoms with E-state index in [1.807, 2.05) is 36.1 Å². The van der Waals surface area contributed by atoms with Gasteiger partial charge in [0.2, 0.25) is 0 Å². The SMILES string of the molecule is Cc1cc(C2CCCN2C(=O)NCCc2nc3ccc(Cl)cc3[nH]2)on1. The van der Waals surface area contributed by atoms with Crippen LogP contribution in [0.1, 0.15) is 36.2 Å². The van der Waals surface area contributed by atoms with Gasteiger partial charge in [-0.1, -0.05) is 16.8 Å². The number of fused-ring (bicyclic) bond motifs is 1. The summed E-state index contributed by atoms with van der Waals surface area (Å²) in [7, 11) is 0. The van der Waals surface area contributed by atoms with Gasteiger partial charge in [-0.2, -0.15) is 0 Å². The molecule has 1 aliphatic heterocycles. The number of hydrogen-bond donors (Lipinski definition) is 2. The van der Waals surface area contributed by atoms with Crippen LogP contribution in [0, 0.1) is 6.92 Å². The van der Waals surface area contributed by atoms with Gasteiger partial charge in [0.05, 0.1) is 22.8 Å². The molecule has 4 rings (SSSR count). The van der Waals surface area contributed by atoms with Crippen molar-refractivity contribution in [2.24, 2.45) is 0 Å². The average Bonchev–Trinajstić information content (AvgIpc) is 3.32. The maximum Gasteiger partial charge on any atom is 0.318 e. The largest absolute Gasteiger partial charge is 0.359 e. The second-order valence-corrected chi connectivity index (χ2v) is 6.99. The Bertz CT molecular complexity index is 935. The number of H-pyrrole nitrogens is 1. The van der Waals surface area contributed by atoms with Crippen LogP contribution in [0.2, 0.25) is 5.02 Å². The van der Waals surface area contributed by atoms with Crippen molar-refractivity contribution in [2.75, 3.05) is 13.1 Å². The highest BCUT2D eigenvalue weighted by Gasteiger charge is 2.32. The van der Waals surface area contributed by atoms with Crippen LogP contribution in [0.15, 0.2) is 28.8 Å². The fraction of sp³-hybridized carbons (Fsp3) is 0.389. The van der Waals surface area contributed by atoms with E-state index in [2.05, 4.69) is 20.4 Å². The molecule has 26 heavy (non-hydrogen) atoms. The zero-order valence-electron chi connectivity index (χ0n) is 14.5. The van der Waals surface area contributed by atoms with Crippen molar-refractivity contribution >= 4 is 28.7 Å². The molecule has 2 N–H and O–H groups in total. The molecular formula is C18H20ClN5O2. The molecule has 3 heterocycles. The molecule has 8 heteroatoms. The Kier molecular flexibility index (Phi) is 4.55. The Morgan fingerprint density at radius 2 is 2.35 bits per heavy atom. The molecule has 1 aliphatic rings. The molecule has 1 atom stereocenters. The first-order valence-corrected chi connectivity index (χ1v) is 9.10. The van der Waals surface area contributed by atoms with E-state index in [1.165, 1.54) is 0 Å². The monoisotopic (exact) mass is 373 g/mol. The molecule has 0 spiro atoms. The van der Waals surface area contributed by atoms with Gasteiger partial charge in [0, 0.05) is 30.6 Å². The van der Waals surface area contributed by atoms with Crippen LogP contribution in [-0.4, -0.2) is 39.1 Å². The lowest BCUT2D eigenvalue weighted by atomic mass is 10.1. The Balaban J connectivity index is 1.35. The number of nitrogens with zero attached hydrogens (tertiary/aromatic N) is 3. The number of likely N-dealkylation sites (tertiary alicyclic amines) is 1. The minimum absolute atomic E-state index is 0.0375. The lowest BCUT2D eigenvalue weighted by Gasteiger charge is -2.22. The topological polar surface area (TPSA) is 87.0 Å². The molecule has 0 saturated carbocycles. The van der Waals surface area contributed by atoms with E-state index < -0.39 is 0 Å². The number of hydrogen-bond acceptors (Lipinski definition) is 4. The summed E-state index contributed by atoms with van der Waals surface area (Å²) in [6, 6.07) is 7.32. The summed E-state index contributed by atoms with van der Waals surface area (Å²) in [5.74, 6) is 1.58. The number of halogens is 1. The zero-order valence-corrected chi connectivity index (χ0v) is 15.2. The highest BCUT2D eigenvalue weighted by molar-refractivity contribution is 6.31. The van der Waals surface area contributed by atoms with E-state index in [0.717, 1.165) is 47.7 Å². The van der Waals surface area contributed by atoms with Gasteiger partial charge in [-0.3, -0.25) is 0 Å². The van der Waals surface area contributed by atoms with Gasteiger partial charge in [0.1, 0.15) is 5.82 Å². The number of imidazole rings is 1. The van der Waals surface area contributed by atoms with Gasteiger partial charge in [-0.05, 0) is 38.0 Å². The number of carbonyl (C=O) groups is 1. The number of aryl methyl sites for hydroxylation is 1. The van der Waals surface area contributed by atoms with Crippen LogP contribution in [-0.2, 0) is 6.42 Å². The van der Waals surface area contributed by atoms with Crippen LogP contribution >= 0.6 is 11.6 Å². The van der Waals surface area contributed by atoms with E-state index >= 15 is 0 Å². The lowest BCUT2D eigenvalue weighted by Crippen LogP contribution is -2.40. The predicted molar refractivity (Wildman–Crippen MR) is 98.1 cm³/mol. The quantitative estimate of drug-likeness (QED) is 0.731. The summed E-state index contributed by atoms with van der Waals surface area (Å²) >= 11 is 5.99. The van der Waals surface area contributed by atoms with Crippen LogP contribution in [0.3, 0.4) is 0 Å². The third kappa shape index (κ3) is 3.39. The molecule has 1 aromatic carbocycles. The van der Waals surface area contributed by atoms with Crippen molar-refractivity contribution in [1.82, 2.24) is 25.3 Å². The first-order chi connectivity index (χ1) is 12.6. The van der Waals surface area contributed by atoms with Crippen molar-refractivity contribution in [3.63, 3.8) is 0 Å². The lowest BCUT2D eigenvalue weighted by molar-refractivity contribution is 0.182. The summed E-state index contributed by atoms with van der Waals surface area (Å²) in [6.45, 7) is 3.11. The van der Waals surface area contributed by atoms with Gasteiger partial charge in [0.15, 0.2) is 5.76 Å². The van der Waals surface area contributed by atoms with Gasteiger partial charge in [-0.15, -0.1) is 0 Å². The van der Waals surface area contributed by atoms with Crippen molar-refractivity contribution in [2.45, 2.75) is 32.2 Å². The molecule has 7 nitrogen and oxygen atoms in total. The molecule has 1 unspecified atom stereocenters. The fourth-order valence-electron chi connectivity index (χ4n) is 3.39. The minimum atomic E-state index is -0.0827. The molecule has 0 aliphatic carbocycles. The third-order valence-electron chi connectivity index (χ3n) is 4.62. The zero-order chi connectivity index (χ0) is 18.1. The van der Waals surface area contributed by atoms with Crippen molar-refractivity contribution < 1.29 is 9.32 Å². The average molecular weight is 374 g/mol.